The van der Waals surface area contributed by atoms with Crippen molar-refractivity contribution in [3.8, 4) is 0 Å². The van der Waals surface area contributed by atoms with Crippen LogP contribution in [-0.4, -0.2) is 18.0 Å². The maximum Gasteiger partial charge on any atom is 0.0328 e. The molecule has 1 heterocycles. The minimum absolute atomic E-state index is 0.845. The average molecular weight is 297 g/mol. The molecule has 1 fully saturated rings. The van der Waals surface area contributed by atoms with Gasteiger partial charge in [0.15, 0.2) is 0 Å². The lowest BCUT2D eigenvalue weighted by atomic mass is 10.0. The first kappa shape index (κ1) is 12.9. The molecule has 0 aromatic heterocycles. The van der Waals surface area contributed by atoms with Crippen LogP contribution in [0.15, 0.2) is 22.7 Å². The standard InChI is InChI=1S/C14H21BrN2/c1-11-3-2-5-17(6-4-11)10-12-7-13(15)9-14(16)8-12/h7-9,11H,2-6,10,16H2,1H3. The molecule has 94 valence electrons. The second-order valence-electron chi connectivity index (χ2n) is 5.21. The van der Waals surface area contributed by atoms with E-state index >= 15 is 0 Å². The highest BCUT2D eigenvalue weighted by Crippen LogP contribution is 2.21. The van der Waals surface area contributed by atoms with Crippen molar-refractivity contribution < 1.29 is 0 Å². The van der Waals surface area contributed by atoms with Gasteiger partial charge in [-0.05, 0) is 62.0 Å². The molecule has 2 N–H and O–H groups in total. The lowest BCUT2D eigenvalue weighted by Crippen LogP contribution is -2.24. The number of rotatable bonds is 2. The maximum absolute atomic E-state index is 5.87. The third-order valence-corrected chi connectivity index (χ3v) is 3.95. The Morgan fingerprint density at radius 3 is 2.88 bits per heavy atom. The number of halogens is 1. The molecule has 0 spiro atoms. The van der Waals surface area contributed by atoms with Crippen molar-refractivity contribution in [1.82, 2.24) is 4.90 Å². The Hall–Kier alpha value is -0.540. The Kier molecular flexibility index (Phi) is 4.46. The van der Waals surface area contributed by atoms with E-state index in [4.69, 9.17) is 5.73 Å². The third kappa shape index (κ3) is 4.00. The van der Waals surface area contributed by atoms with Gasteiger partial charge in [0.1, 0.15) is 0 Å². The van der Waals surface area contributed by atoms with Gasteiger partial charge in [0.05, 0.1) is 0 Å². The molecule has 1 aromatic carbocycles. The highest BCUT2D eigenvalue weighted by molar-refractivity contribution is 9.10. The molecule has 1 atom stereocenters. The zero-order valence-corrected chi connectivity index (χ0v) is 12.0. The number of hydrogen-bond acceptors (Lipinski definition) is 2. The summed E-state index contributed by atoms with van der Waals surface area (Å²) in [4.78, 5) is 2.55. The smallest absolute Gasteiger partial charge is 0.0328 e. The quantitative estimate of drug-likeness (QED) is 0.844. The van der Waals surface area contributed by atoms with Crippen LogP contribution in [0.4, 0.5) is 5.69 Å². The van der Waals surface area contributed by atoms with E-state index in [0.29, 0.717) is 0 Å². The monoisotopic (exact) mass is 296 g/mol. The van der Waals surface area contributed by atoms with Gasteiger partial charge < -0.3 is 5.73 Å². The fraction of sp³-hybridized carbons (Fsp3) is 0.571. The second-order valence-corrected chi connectivity index (χ2v) is 6.12. The van der Waals surface area contributed by atoms with Crippen LogP contribution in [-0.2, 0) is 6.54 Å². The van der Waals surface area contributed by atoms with E-state index in [1.165, 1.54) is 37.9 Å². The molecule has 2 nitrogen and oxygen atoms in total. The average Bonchev–Trinajstić information content (AvgIpc) is 2.42. The van der Waals surface area contributed by atoms with Crippen LogP contribution in [0, 0.1) is 5.92 Å². The van der Waals surface area contributed by atoms with Gasteiger partial charge in [0.2, 0.25) is 0 Å². The van der Waals surface area contributed by atoms with Crippen molar-refractivity contribution in [1.29, 1.82) is 0 Å². The molecule has 1 aromatic rings. The van der Waals surface area contributed by atoms with Gasteiger partial charge in [-0.3, -0.25) is 4.90 Å². The number of nitrogen functional groups attached to an aromatic ring is 1. The molecule has 0 saturated carbocycles. The summed E-state index contributed by atoms with van der Waals surface area (Å²) in [5.41, 5.74) is 8.03. The van der Waals surface area contributed by atoms with Gasteiger partial charge in [-0.15, -0.1) is 0 Å². The molecular weight excluding hydrogens is 276 g/mol. The van der Waals surface area contributed by atoms with Gasteiger partial charge in [-0.2, -0.15) is 0 Å². The molecule has 17 heavy (non-hydrogen) atoms. The van der Waals surface area contributed by atoms with Crippen LogP contribution in [0.1, 0.15) is 31.7 Å². The maximum atomic E-state index is 5.87. The van der Waals surface area contributed by atoms with Crippen molar-refractivity contribution in [2.24, 2.45) is 5.92 Å². The molecule has 0 radical (unpaired) electrons. The van der Waals surface area contributed by atoms with E-state index in [9.17, 15) is 0 Å². The van der Waals surface area contributed by atoms with Crippen LogP contribution in [0.25, 0.3) is 0 Å². The molecule has 1 aliphatic heterocycles. The van der Waals surface area contributed by atoms with Crippen molar-refractivity contribution in [2.75, 3.05) is 18.8 Å². The molecule has 1 saturated heterocycles. The van der Waals surface area contributed by atoms with Gasteiger partial charge in [-0.1, -0.05) is 22.9 Å². The van der Waals surface area contributed by atoms with Crippen molar-refractivity contribution in [3.05, 3.63) is 28.2 Å². The highest BCUT2D eigenvalue weighted by atomic mass is 79.9. The van der Waals surface area contributed by atoms with E-state index in [0.717, 1.165) is 22.6 Å². The Morgan fingerprint density at radius 1 is 1.29 bits per heavy atom. The van der Waals surface area contributed by atoms with E-state index in [1.807, 2.05) is 6.07 Å². The summed E-state index contributed by atoms with van der Waals surface area (Å²) in [6, 6.07) is 6.21. The first-order valence-electron chi connectivity index (χ1n) is 6.41. The molecule has 1 unspecified atom stereocenters. The van der Waals surface area contributed by atoms with Crippen molar-refractivity contribution in [3.63, 3.8) is 0 Å². The summed E-state index contributed by atoms with van der Waals surface area (Å²) in [5.74, 6) is 0.882. The summed E-state index contributed by atoms with van der Waals surface area (Å²) < 4.78 is 1.08. The summed E-state index contributed by atoms with van der Waals surface area (Å²) in [6.07, 6.45) is 4.02. The number of likely N-dealkylation sites (tertiary alicyclic amines) is 1. The van der Waals surface area contributed by atoms with Crippen LogP contribution >= 0.6 is 15.9 Å². The van der Waals surface area contributed by atoms with Crippen LogP contribution in [0.3, 0.4) is 0 Å². The van der Waals surface area contributed by atoms with E-state index in [-0.39, 0.29) is 0 Å². The Labute approximate surface area is 112 Å². The highest BCUT2D eigenvalue weighted by Gasteiger charge is 2.14. The zero-order chi connectivity index (χ0) is 12.3. The van der Waals surface area contributed by atoms with Gasteiger partial charge >= 0.3 is 0 Å². The topological polar surface area (TPSA) is 29.3 Å². The van der Waals surface area contributed by atoms with Gasteiger partial charge in [0, 0.05) is 16.7 Å². The van der Waals surface area contributed by atoms with Crippen LogP contribution in [0.2, 0.25) is 0 Å². The Morgan fingerprint density at radius 2 is 2.12 bits per heavy atom. The predicted molar refractivity (Wildman–Crippen MR) is 76.8 cm³/mol. The summed E-state index contributed by atoms with van der Waals surface area (Å²) in [5, 5.41) is 0. The minimum atomic E-state index is 0.845. The summed E-state index contributed by atoms with van der Waals surface area (Å²) in [7, 11) is 0. The Balaban J connectivity index is 1.99. The lowest BCUT2D eigenvalue weighted by molar-refractivity contribution is 0.273. The zero-order valence-electron chi connectivity index (χ0n) is 10.5. The SMILES string of the molecule is CC1CCCN(Cc2cc(N)cc(Br)c2)CC1. The van der Waals surface area contributed by atoms with E-state index in [2.05, 4.69) is 39.9 Å². The number of nitrogens with two attached hydrogens (primary N) is 1. The normalized spacial score (nSPS) is 22.4. The number of hydrogen-bond donors (Lipinski definition) is 1. The number of nitrogens with zero attached hydrogens (tertiary/aromatic N) is 1. The van der Waals surface area contributed by atoms with Crippen molar-refractivity contribution >= 4 is 21.6 Å². The van der Waals surface area contributed by atoms with Gasteiger partial charge in [0.25, 0.3) is 0 Å². The Bertz CT molecular complexity index is 358. The lowest BCUT2D eigenvalue weighted by Gasteiger charge is -2.20. The van der Waals surface area contributed by atoms with Gasteiger partial charge in [-0.25, -0.2) is 0 Å². The van der Waals surface area contributed by atoms with E-state index < -0.39 is 0 Å². The minimum Gasteiger partial charge on any atom is -0.399 e. The number of anilines is 1. The molecule has 1 aliphatic rings. The molecule has 0 amide bonds. The fourth-order valence-electron chi connectivity index (χ4n) is 2.51. The van der Waals surface area contributed by atoms with Crippen molar-refractivity contribution in [2.45, 2.75) is 32.7 Å². The molecule has 2 rings (SSSR count). The first-order valence-corrected chi connectivity index (χ1v) is 7.20. The second kappa shape index (κ2) is 5.87. The fourth-order valence-corrected chi connectivity index (χ4v) is 3.06. The summed E-state index contributed by atoms with van der Waals surface area (Å²) in [6.45, 7) is 5.82. The van der Waals surface area contributed by atoms with Crippen LogP contribution in [0.5, 0.6) is 0 Å². The first-order chi connectivity index (χ1) is 8.13. The molecule has 3 heteroatoms. The van der Waals surface area contributed by atoms with E-state index in [1.54, 1.807) is 0 Å². The molecular formula is C14H21BrN2. The predicted octanol–water partition coefficient (Wildman–Crippen LogP) is 3.65. The molecule has 0 bridgehead atoms. The van der Waals surface area contributed by atoms with Crippen LogP contribution < -0.4 is 5.73 Å². The largest absolute Gasteiger partial charge is 0.399 e. The third-order valence-electron chi connectivity index (χ3n) is 3.50. The molecule has 0 aliphatic carbocycles. The number of benzene rings is 1. The summed E-state index contributed by atoms with van der Waals surface area (Å²) >= 11 is 3.50.